The summed E-state index contributed by atoms with van der Waals surface area (Å²) in [6, 6.07) is 0.448. The van der Waals surface area contributed by atoms with E-state index in [1.54, 1.807) is 0 Å². The number of amides is 1. The fourth-order valence-electron chi connectivity index (χ4n) is 2.51. The second kappa shape index (κ2) is 5.46. The van der Waals surface area contributed by atoms with Crippen LogP contribution in [0, 0.1) is 5.92 Å². The largest absolute Gasteiger partial charge is 0.381 e. The molecule has 2 fully saturated rings. The van der Waals surface area contributed by atoms with Crippen LogP contribution in [0.3, 0.4) is 0 Å². The normalized spacial score (nSPS) is 22.6. The molecule has 1 aliphatic heterocycles. The van der Waals surface area contributed by atoms with Crippen LogP contribution in [0.2, 0.25) is 0 Å². The Bertz CT molecular complexity index is 452. The van der Waals surface area contributed by atoms with Crippen LogP contribution >= 0.6 is 11.3 Å². The number of anilines is 1. The van der Waals surface area contributed by atoms with E-state index >= 15 is 0 Å². The first-order valence-electron chi connectivity index (χ1n) is 6.79. The number of thiazole rings is 1. The summed E-state index contributed by atoms with van der Waals surface area (Å²) in [6.07, 6.45) is 3.72. The summed E-state index contributed by atoms with van der Waals surface area (Å²) < 4.78 is 5.39. The Morgan fingerprint density at radius 3 is 2.95 bits per heavy atom. The lowest BCUT2D eigenvalue weighted by Crippen LogP contribution is -2.38. The Labute approximate surface area is 116 Å². The number of nitrogen functional groups attached to an aromatic ring is 1. The lowest BCUT2D eigenvalue weighted by atomic mass is 10.1. The van der Waals surface area contributed by atoms with Crippen molar-refractivity contribution in [2.24, 2.45) is 5.92 Å². The third-order valence-electron chi connectivity index (χ3n) is 3.69. The van der Waals surface area contributed by atoms with E-state index in [0.29, 0.717) is 23.5 Å². The standard InChI is InChI=1S/C13H19N3O2S/c14-13-15-10(8-19-13)5-12(17)16(11-1-2-11)6-9-3-4-18-7-9/h8-9,11H,1-7H2,(H2,14,15). The average molecular weight is 281 g/mol. The Balaban J connectivity index is 1.60. The second-order valence-corrected chi connectivity index (χ2v) is 6.25. The van der Waals surface area contributed by atoms with Crippen LogP contribution in [-0.2, 0) is 16.0 Å². The molecule has 19 heavy (non-hydrogen) atoms. The monoisotopic (exact) mass is 281 g/mol. The summed E-state index contributed by atoms with van der Waals surface area (Å²) >= 11 is 1.39. The van der Waals surface area contributed by atoms with Gasteiger partial charge in [-0.05, 0) is 19.3 Å². The van der Waals surface area contributed by atoms with E-state index in [9.17, 15) is 4.79 Å². The van der Waals surface area contributed by atoms with E-state index in [2.05, 4.69) is 4.98 Å². The SMILES string of the molecule is Nc1nc(CC(=O)N(CC2CCOC2)C2CC2)cs1. The summed E-state index contributed by atoms with van der Waals surface area (Å²) in [4.78, 5) is 18.6. The molecule has 1 saturated heterocycles. The molecule has 0 radical (unpaired) electrons. The minimum absolute atomic E-state index is 0.180. The number of rotatable bonds is 5. The minimum Gasteiger partial charge on any atom is -0.381 e. The van der Waals surface area contributed by atoms with Gasteiger partial charge >= 0.3 is 0 Å². The highest BCUT2D eigenvalue weighted by Gasteiger charge is 2.34. The molecule has 3 rings (SSSR count). The molecule has 1 aliphatic carbocycles. The second-order valence-electron chi connectivity index (χ2n) is 5.36. The van der Waals surface area contributed by atoms with Crippen molar-refractivity contribution < 1.29 is 9.53 Å². The Morgan fingerprint density at radius 1 is 1.53 bits per heavy atom. The van der Waals surface area contributed by atoms with Crippen molar-refractivity contribution in [3.8, 4) is 0 Å². The molecule has 1 saturated carbocycles. The number of hydrogen-bond donors (Lipinski definition) is 1. The van der Waals surface area contributed by atoms with Gasteiger partial charge in [0.15, 0.2) is 5.13 Å². The molecule has 0 bridgehead atoms. The predicted molar refractivity (Wildman–Crippen MR) is 73.9 cm³/mol. The average Bonchev–Trinajstić information content (AvgIpc) is 2.93. The number of hydrogen-bond acceptors (Lipinski definition) is 5. The quantitative estimate of drug-likeness (QED) is 0.883. The number of nitrogens with two attached hydrogens (primary N) is 1. The van der Waals surface area contributed by atoms with Crippen molar-refractivity contribution in [1.82, 2.24) is 9.88 Å². The van der Waals surface area contributed by atoms with Gasteiger partial charge in [-0.2, -0.15) is 0 Å². The molecular formula is C13H19N3O2S. The van der Waals surface area contributed by atoms with Crippen LogP contribution in [-0.4, -0.2) is 41.6 Å². The smallest absolute Gasteiger partial charge is 0.228 e. The molecule has 5 nitrogen and oxygen atoms in total. The first-order valence-corrected chi connectivity index (χ1v) is 7.67. The van der Waals surface area contributed by atoms with Crippen molar-refractivity contribution in [2.45, 2.75) is 31.7 Å². The molecule has 6 heteroatoms. The van der Waals surface area contributed by atoms with Crippen molar-refractivity contribution in [3.63, 3.8) is 0 Å². The number of aromatic nitrogens is 1. The van der Waals surface area contributed by atoms with Gasteiger partial charge in [-0.15, -0.1) is 11.3 Å². The van der Waals surface area contributed by atoms with Gasteiger partial charge in [0.1, 0.15) is 0 Å². The van der Waals surface area contributed by atoms with Gasteiger partial charge in [-0.1, -0.05) is 0 Å². The van der Waals surface area contributed by atoms with E-state index in [1.807, 2.05) is 10.3 Å². The van der Waals surface area contributed by atoms with Crippen LogP contribution in [0.1, 0.15) is 25.0 Å². The van der Waals surface area contributed by atoms with Gasteiger partial charge in [0.05, 0.1) is 18.7 Å². The van der Waals surface area contributed by atoms with Gasteiger partial charge in [0, 0.05) is 30.5 Å². The molecule has 1 aromatic heterocycles. The minimum atomic E-state index is 0.180. The van der Waals surface area contributed by atoms with Crippen molar-refractivity contribution in [2.75, 3.05) is 25.5 Å². The molecule has 0 spiro atoms. The van der Waals surface area contributed by atoms with Crippen molar-refractivity contribution in [3.05, 3.63) is 11.1 Å². The number of carbonyl (C=O) groups is 1. The maximum absolute atomic E-state index is 12.4. The lowest BCUT2D eigenvalue weighted by molar-refractivity contribution is -0.131. The zero-order valence-electron chi connectivity index (χ0n) is 10.9. The first kappa shape index (κ1) is 12.9. The lowest BCUT2D eigenvalue weighted by Gasteiger charge is -2.25. The first-order chi connectivity index (χ1) is 9.22. The van der Waals surface area contributed by atoms with Gasteiger partial charge in [0.25, 0.3) is 0 Å². The van der Waals surface area contributed by atoms with E-state index in [1.165, 1.54) is 11.3 Å². The van der Waals surface area contributed by atoms with Gasteiger partial charge < -0.3 is 15.4 Å². The Morgan fingerprint density at radius 2 is 2.37 bits per heavy atom. The zero-order chi connectivity index (χ0) is 13.2. The molecule has 1 unspecified atom stereocenters. The molecule has 0 aromatic carbocycles. The van der Waals surface area contributed by atoms with Gasteiger partial charge in [-0.3, -0.25) is 4.79 Å². The number of ether oxygens (including phenoxy) is 1. The summed E-state index contributed by atoms with van der Waals surface area (Å²) in [5.41, 5.74) is 6.39. The van der Waals surface area contributed by atoms with Gasteiger partial charge in [0.2, 0.25) is 5.91 Å². The highest BCUT2D eigenvalue weighted by molar-refractivity contribution is 7.13. The highest BCUT2D eigenvalue weighted by atomic mass is 32.1. The topological polar surface area (TPSA) is 68.5 Å². The van der Waals surface area contributed by atoms with E-state index in [-0.39, 0.29) is 5.91 Å². The summed E-state index contributed by atoms with van der Waals surface area (Å²) in [7, 11) is 0. The Hall–Kier alpha value is -1.14. The molecule has 104 valence electrons. The maximum Gasteiger partial charge on any atom is 0.228 e. The van der Waals surface area contributed by atoms with E-state index in [4.69, 9.17) is 10.5 Å². The molecule has 1 aromatic rings. The van der Waals surface area contributed by atoms with Crippen LogP contribution in [0.15, 0.2) is 5.38 Å². The Kier molecular flexibility index (Phi) is 3.70. The molecule has 1 amide bonds. The predicted octanol–water partition coefficient (Wildman–Crippen LogP) is 1.30. The fraction of sp³-hybridized carbons (Fsp3) is 0.692. The molecule has 2 heterocycles. The summed E-state index contributed by atoms with van der Waals surface area (Å²) in [6.45, 7) is 2.46. The number of carbonyl (C=O) groups excluding carboxylic acids is 1. The summed E-state index contributed by atoms with van der Waals surface area (Å²) in [5.74, 6) is 0.685. The maximum atomic E-state index is 12.4. The highest BCUT2D eigenvalue weighted by Crippen LogP contribution is 2.29. The van der Waals surface area contributed by atoms with Crippen LogP contribution in [0.5, 0.6) is 0 Å². The van der Waals surface area contributed by atoms with Crippen LogP contribution < -0.4 is 5.73 Å². The third kappa shape index (κ3) is 3.25. The van der Waals surface area contributed by atoms with Crippen LogP contribution in [0.4, 0.5) is 5.13 Å². The number of nitrogens with zero attached hydrogens (tertiary/aromatic N) is 2. The van der Waals surface area contributed by atoms with E-state index in [0.717, 1.165) is 44.7 Å². The van der Waals surface area contributed by atoms with E-state index < -0.39 is 0 Å². The summed E-state index contributed by atoms with van der Waals surface area (Å²) in [5, 5.41) is 2.40. The molecule has 2 aliphatic rings. The fourth-order valence-corrected chi connectivity index (χ4v) is 3.07. The molecule has 2 N–H and O–H groups in total. The zero-order valence-corrected chi connectivity index (χ0v) is 11.7. The molecular weight excluding hydrogens is 262 g/mol. The van der Waals surface area contributed by atoms with Crippen molar-refractivity contribution >= 4 is 22.4 Å². The van der Waals surface area contributed by atoms with Crippen LogP contribution in [0.25, 0.3) is 0 Å². The molecule has 1 atom stereocenters. The van der Waals surface area contributed by atoms with Crippen molar-refractivity contribution in [1.29, 1.82) is 0 Å². The van der Waals surface area contributed by atoms with Gasteiger partial charge in [-0.25, -0.2) is 4.98 Å². The third-order valence-corrected chi connectivity index (χ3v) is 4.41.